The summed E-state index contributed by atoms with van der Waals surface area (Å²) in [7, 11) is 0. The molecule has 5 heteroatoms. The molecule has 0 radical (unpaired) electrons. The first kappa shape index (κ1) is 8.07. The molecule has 2 rings (SSSR count). The first-order valence-electron chi connectivity index (χ1n) is 3.69. The van der Waals surface area contributed by atoms with Crippen LogP contribution in [0.3, 0.4) is 0 Å². The third-order valence-electron chi connectivity index (χ3n) is 1.67. The van der Waals surface area contributed by atoms with Crippen molar-refractivity contribution in [3.63, 3.8) is 0 Å². The number of anilines is 1. The number of aromatic nitrogens is 3. The van der Waals surface area contributed by atoms with Crippen LogP contribution < -0.4 is 5.73 Å². The highest BCUT2D eigenvalue weighted by molar-refractivity contribution is 6.33. The molecule has 66 valence electrons. The minimum Gasteiger partial charge on any atom is -0.397 e. The van der Waals surface area contributed by atoms with Gasteiger partial charge in [0.25, 0.3) is 0 Å². The molecule has 0 unspecified atom stereocenters. The Balaban J connectivity index is 2.49. The molecule has 0 aliphatic rings. The van der Waals surface area contributed by atoms with Crippen molar-refractivity contribution in [2.24, 2.45) is 0 Å². The normalized spacial score (nSPS) is 10.2. The van der Waals surface area contributed by atoms with Gasteiger partial charge in [0.2, 0.25) is 0 Å². The Morgan fingerprint density at radius 2 is 2.23 bits per heavy atom. The summed E-state index contributed by atoms with van der Waals surface area (Å²) < 4.78 is 1.62. The highest BCUT2D eigenvalue weighted by Crippen LogP contribution is 2.20. The second kappa shape index (κ2) is 3.06. The van der Waals surface area contributed by atoms with Crippen LogP contribution in [0.4, 0.5) is 5.69 Å². The van der Waals surface area contributed by atoms with Gasteiger partial charge in [-0.05, 0) is 18.2 Å². The number of hydrogen-bond donors (Lipinski definition) is 1. The molecule has 2 aromatic rings. The molecular formula is C8H7ClN4. The minimum absolute atomic E-state index is 0.537. The van der Waals surface area contributed by atoms with Gasteiger partial charge in [-0.25, -0.2) is 4.68 Å². The maximum atomic E-state index is 5.77. The van der Waals surface area contributed by atoms with Crippen LogP contribution in [-0.4, -0.2) is 15.0 Å². The van der Waals surface area contributed by atoms with Crippen LogP contribution in [0, 0.1) is 0 Å². The highest BCUT2D eigenvalue weighted by atomic mass is 35.5. The fourth-order valence-electron chi connectivity index (χ4n) is 1.02. The fourth-order valence-corrected chi connectivity index (χ4v) is 1.14. The SMILES string of the molecule is Nc1cc(-n2ccnn2)ccc1Cl. The zero-order valence-electron chi connectivity index (χ0n) is 6.68. The summed E-state index contributed by atoms with van der Waals surface area (Å²) in [5.74, 6) is 0. The van der Waals surface area contributed by atoms with Crippen LogP contribution in [0.1, 0.15) is 0 Å². The molecule has 0 spiro atoms. The van der Waals surface area contributed by atoms with Gasteiger partial charge in [0.15, 0.2) is 0 Å². The average Bonchev–Trinajstić information content (AvgIpc) is 2.62. The minimum atomic E-state index is 0.537. The van der Waals surface area contributed by atoms with E-state index in [1.165, 1.54) is 0 Å². The third-order valence-corrected chi connectivity index (χ3v) is 2.01. The van der Waals surface area contributed by atoms with E-state index in [4.69, 9.17) is 17.3 Å². The molecule has 0 aliphatic carbocycles. The molecule has 1 aromatic heterocycles. The largest absolute Gasteiger partial charge is 0.397 e. The van der Waals surface area contributed by atoms with Crippen LogP contribution in [0.25, 0.3) is 5.69 Å². The van der Waals surface area contributed by atoms with E-state index in [1.807, 2.05) is 6.07 Å². The Kier molecular flexibility index (Phi) is 1.90. The molecule has 1 heterocycles. The summed E-state index contributed by atoms with van der Waals surface area (Å²) in [6.07, 6.45) is 3.34. The van der Waals surface area contributed by atoms with Crippen LogP contribution in [0.15, 0.2) is 30.6 Å². The predicted octanol–water partition coefficient (Wildman–Crippen LogP) is 1.50. The molecule has 1 aromatic carbocycles. The van der Waals surface area contributed by atoms with Crippen LogP contribution in [0.2, 0.25) is 5.02 Å². The van der Waals surface area contributed by atoms with Gasteiger partial charge < -0.3 is 5.73 Å². The van der Waals surface area contributed by atoms with E-state index in [-0.39, 0.29) is 0 Å². The lowest BCUT2D eigenvalue weighted by molar-refractivity contribution is 0.803. The van der Waals surface area contributed by atoms with Gasteiger partial charge in [-0.3, -0.25) is 0 Å². The zero-order valence-corrected chi connectivity index (χ0v) is 7.44. The predicted molar refractivity (Wildman–Crippen MR) is 50.8 cm³/mol. The Labute approximate surface area is 79.9 Å². The number of nitrogen functional groups attached to an aromatic ring is 1. The molecule has 4 nitrogen and oxygen atoms in total. The van der Waals surface area contributed by atoms with Gasteiger partial charge in [-0.15, -0.1) is 5.10 Å². The van der Waals surface area contributed by atoms with Crippen molar-refractivity contribution in [2.75, 3.05) is 5.73 Å². The molecule has 0 aliphatic heterocycles. The summed E-state index contributed by atoms with van der Waals surface area (Å²) in [6.45, 7) is 0. The van der Waals surface area contributed by atoms with E-state index in [9.17, 15) is 0 Å². The van der Waals surface area contributed by atoms with E-state index in [1.54, 1.807) is 29.2 Å². The molecule has 0 atom stereocenters. The number of halogens is 1. The van der Waals surface area contributed by atoms with E-state index in [2.05, 4.69) is 10.3 Å². The van der Waals surface area contributed by atoms with Crippen molar-refractivity contribution in [1.82, 2.24) is 15.0 Å². The van der Waals surface area contributed by atoms with Crippen molar-refractivity contribution in [1.29, 1.82) is 0 Å². The molecule has 0 amide bonds. The Morgan fingerprint density at radius 3 is 2.85 bits per heavy atom. The van der Waals surface area contributed by atoms with Gasteiger partial charge in [0.05, 0.1) is 28.8 Å². The number of benzene rings is 1. The van der Waals surface area contributed by atoms with Crippen LogP contribution >= 0.6 is 11.6 Å². The second-order valence-electron chi connectivity index (χ2n) is 2.55. The van der Waals surface area contributed by atoms with Crippen molar-refractivity contribution >= 4 is 17.3 Å². The first-order valence-corrected chi connectivity index (χ1v) is 4.07. The maximum absolute atomic E-state index is 5.77. The smallest absolute Gasteiger partial charge is 0.0697 e. The summed E-state index contributed by atoms with van der Waals surface area (Å²) >= 11 is 5.77. The van der Waals surface area contributed by atoms with Crippen molar-refractivity contribution < 1.29 is 0 Å². The molecule has 0 saturated heterocycles. The van der Waals surface area contributed by atoms with E-state index < -0.39 is 0 Å². The molecule has 0 fully saturated rings. The van der Waals surface area contributed by atoms with Crippen molar-refractivity contribution in [3.05, 3.63) is 35.6 Å². The number of rotatable bonds is 1. The van der Waals surface area contributed by atoms with E-state index >= 15 is 0 Å². The summed E-state index contributed by atoms with van der Waals surface area (Å²) in [5, 5.41) is 8.06. The average molecular weight is 195 g/mol. The third kappa shape index (κ3) is 1.48. The van der Waals surface area contributed by atoms with Gasteiger partial charge >= 0.3 is 0 Å². The Bertz CT molecular complexity index is 410. The van der Waals surface area contributed by atoms with Crippen LogP contribution in [0.5, 0.6) is 0 Å². The maximum Gasteiger partial charge on any atom is 0.0697 e. The summed E-state index contributed by atoms with van der Waals surface area (Å²) in [5.41, 5.74) is 7.02. The molecule has 0 bridgehead atoms. The van der Waals surface area contributed by atoms with Gasteiger partial charge in [-0.2, -0.15) is 0 Å². The standard InChI is InChI=1S/C8H7ClN4/c9-7-2-1-6(5-8(7)10)13-4-3-11-12-13/h1-5H,10H2. The number of nitrogens with zero attached hydrogens (tertiary/aromatic N) is 3. The van der Waals surface area contributed by atoms with Gasteiger partial charge in [0, 0.05) is 0 Å². The van der Waals surface area contributed by atoms with Crippen molar-refractivity contribution in [3.8, 4) is 5.69 Å². The monoisotopic (exact) mass is 194 g/mol. The number of hydrogen-bond acceptors (Lipinski definition) is 3. The molecule has 2 N–H and O–H groups in total. The first-order chi connectivity index (χ1) is 6.27. The topological polar surface area (TPSA) is 56.7 Å². The van der Waals surface area contributed by atoms with Crippen LogP contribution in [-0.2, 0) is 0 Å². The second-order valence-corrected chi connectivity index (χ2v) is 2.96. The number of nitrogens with two attached hydrogens (primary N) is 1. The lowest BCUT2D eigenvalue weighted by Gasteiger charge is -2.02. The van der Waals surface area contributed by atoms with Gasteiger partial charge in [0.1, 0.15) is 0 Å². The molecular weight excluding hydrogens is 188 g/mol. The fraction of sp³-hybridized carbons (Fsp3) is 0. The lowest BCUT2D eigenvalue weighted by Crippen LogP contribution is -1.96. The Hall–Kier alpha value is -1.55. The Morgan fingerprint density at radius 1 is 1.38 bits per heavy atom. The summed E-state index contributed by atoms with van der Waals surface area (Å²) in [4.78, 5) is 0. The quantitative estimate of drug-likeness (QED) is 0.700. The highest BCUT2D eigenvalue weighted by Gasteiger charge is 1.99. The van der Waals surface area contributed by atoms with Gasteiger partial charge in [-0.1, -0.05) is 16.8 Å². The van der Waals surface area contributed by atoms with E-state index in [0.29, 0.717) is 10.7 Å². The zero-order chi connectivity index (χ0) is 9.26. The summed E-state index contributed by atoms with van der Waals surface area (Å²) in [6, 6.07) is 5.30. The van der Waals surface area contributed by atoms with Crippen molar-refractivity contribution in [2.45, 2.75) is 0 Å². The lowest BCUT2D eigenvalue weighted by atomic mass is 10.3. The van der Waals surface area contributed by atoms with E-state index in [0.717, 1.165) is 5.69 Å². The molecule has 13 heavy (non-hydrogen) atoms. The molecule has 0 saturated carbocycles.